The van der Waals surface area contributed by atoms with Crippen LogP contribution >= 0.6 is 27.2 Å². The average Bonchev–Trinajstić information content (AvgIpc) is 2.62. The fraction of sp³-hybridized carbons (Fsp3) is 0.500. The minimum Gasteiger partial charge on any atom is -0.382 e. The smallest absolute Gasteiger partial charge is 0.382 e. The van der Waals surface area contributed by atoms with E-state index in [1.807, 2.05) is 30.5 Å². The molecule has 14 heteroatoms. The highest BCUT2D eigenvalue weighted by atomic mass is 35.5. The summed E-state index contributed by atoms with van der Waals surface area (Å²) < 4.78 is 17.8. The summed E-state index contributed by atoms with van der Waals surface area (Å²) in [5, 5.41) is 5.47. The van der Waals surface area contributed by atoms with E-state index in [0.29, 0.717) is 6.04 Å². The molecule has 0 amide bonds. The largest absolute Gasteiger partial charge is 0.466 e. The van der Waals surface area contributed by atoms with Gasteiger partial charge in [-0.2, -0.15) is 0 Å². The van der Waals surface area contributed by atoms with E-state index >= 15 is 0 Å². The van der Waals surface area contributed by atoms with E-state index in [0.717, 1.165) is 41.1 Å². The van der Waals surface area contributed by atoms with Crippen molar-refractivity contribution in [2.75, 3.05) is 25.0 Å². The summed E-state index contributed by atoms with van der Waals surface area (Å²) in [5.41, 5.74) is 2.07. The van der Waals surface area contributed by atoms with E-state index < -0.39 is 15.6 Å². The van der Waals surface area contributed by atoms with Gasteiger partial charge in [0, 0.05) is 28.3 Å². The van der Waals surface area contributed by atoms with Gasteiger partial charge in [0.2, 0.25) is 0 Å². The fourth-order valence-corrected chi connectivity index (χ4v) is 2.91. The number of rotatable bonds is 8. The first-order valence-electron chi connectivity index (χ1n) is 9.73. The van der Waals surface area contributed by atoms with E-state index in [-0.39, 0.29) is 0 Å². The number of halogens is 1. The third-order valence-corrected chi connectivity index (χ3v) is 4.35. The van der Waals surface area contributed by atoms with E-state index in [2.05, 4.69) is 36.0 Å². The number of aromatic nitrogens is 1. The van der Waals surface area contributed by atoms with E-state index in [1.165, 1.54) is 13.0 Å². The Labute approximate surface area is 192 Å². The number of benzene rings is 1. The van der Waals surface area contributed by atoms with Gasteiger partial charge in [0.15, 0.2) is 0 Å². The minimum atomic E-state index is -4.64. The zero-order chi connectivity index (χ0) is 24.9. The molecular formula is C18H32ClN3O8P2. The number of phosphoric acid groups is 2. The summed E-state index contributed by atoms with van der Waals surface area (Å²) in [6.45, 7) is 10.1. The summed E-state index contributed by atoms with van der Waals surface area (Å²) in [7, 11) is -9.28. The normalized spacial score (nSPS) is 12.5. The molecule has 1 aromatic carbocycles. The number of hydrogen-bond donors (Lipinski definition) is 7. The lowest BCUT2D eigenvalue weighted by molar-refractivity contribution is 0.272. The molecule has 0 unspecified atom stereocenters. The molecule has 184 valence electrons. The van der Waals surface area contributed by atoms with Gasteiger partial charge in [-0.05, 0) is 63.7 Å². The van der Waals surface area contributed by atoms with Crippen LogP contribution in [-0.4, -0.2) is 64.9 Å². The van der Waals surface area contributed by atoms with Gasteiger partial charge in [0.1, 0.15) is 0 Å². The van der Waals surface area contributed by atoms with Crippen LogP contribution in [0.25, 0.3) is 10.9 Å². The lowest BCUT2D eigenvalue weighted by atomic mass is 10.1. The zero-order valence-corrected chi connectivity index (χ0v) is 20.7. The molecule has 1 atom stereocenters. The first kappa shape index (κ1) is 30.9. The predicted octanol–water partition coefficient (Wildman–Crippen LogP) is 2.95. The molecule has 2 aromatic rings. The van der Waals surface area contributed by atoms with Crippen molar-refractivity contribution in [2.24, 2.45) is 0 Å². The first-order valence-corrected chi connectivity index (χ1v) is 13.2. The second-order valence-corrected chi connectivity index (χ2v) is 9.25. The molecule has 0 saturated heterocycles. The Hall–Kier alpha value is -1.10. The SMILES string of the molecule is CCN(CC)CCC[C@@H](C)Nc1ccnc2cc(Cl)ccc12.O=P(O)(O)O.O=P(O)(O)O. The van der Waals surface area contributed by atoms with Crippen LogP contribution in [0.15, 0.2) is 30.5 Å². The van der Waals surface area contributed by atoms with Crippen molar-refractivity contribution < 1.29 is 38.5 Å². The van der Waals surface area contributed by atoms with Crippen LogP contribution in [0.2, 0.25) is 5.02 Å². The monoisotopic (exact) mass is 515 g/mol. The third-order valence-electron chi connectivity index (χ3n) is 4.11. The Balaban J connectivity index is 0.000000805. The highest BCUT2D eigenvalue weighted by Crippen LogP contribution is 2.26. The number of nitrogens with zero attached hydrogens (tertiary/aromatic N) is 2. The lowest BCUT2D eigenvalue weighted by Crippen LogP contribution is -2.25. The molecule has 1 aromatic heterocycles. The van der Waals surface area contributed by atoms with Crippen molar-refractivity contribution >= 4 is 43.8 Å². The highest BCUT2D eigenvalue weighted by Gasteiger charge is 2.07. The zero-order valence-electron chi connectivity index (χ0n) is 18.2. The van der Waals surface area contributed by atoms with Gasteiger partial charge in [0.25, 0.3) is 0 Å². The summed E-state index contributed by atoms with van der Waals surface area (Å²) in [6.07, 6.45) is 4.21. The molecule has 0 bridgehead atoms. The molecule has 0 aliphatic rings. The van der Waals surface area contributed by atoms with Crippen molar-refractivity contribution in [3.05, 3.63) is 35.5 Å². The van der Waals surface area contributed by atoms with Crippen molar-refractivity contribution in [1.29, 1.82) is 0 Å². The summed E-state index contributed by atoms with van der Waals surface area (Å²) in [6, 6.07) is 8.35. The van der Waals surface area contributed by atoms with Gasteiger partial charge < -0.3 is 39.6 Å². The Morgan fingerprint density at radius 2 is 1.56 bits per heavy atom. The molecule has 0 saturated carbocycles. The number of anilines is 1. The van der Waals surface area contributed by atoms with Crippen molar-refractivity contribution in [3.8, 4) is 0 Å². The molecular weight excluding hydrogens is 484 g/mol. The van der Waals surface area contributed by atoms with E-state index in [4.69, 9.17) is 50.1 Å². The fourth-order valence-electron chi connectivity index (χ4n) is 2.75. The molecule has 11 nitrogen and oxygen atoms in total. The average molecular weight is 516 g/mol. The Bertz CT molecular complexity index is 868. The van der Waals surface area contributed by atoms with Crippen LogP contribution < -0.4 is 5.32 Å². The van der Waals surface area contributed by atoms with Gasteiger partial charge in [-0.3, -0.25) is 4.98 Å². The van der Waals surface area contributed by atoms with E-state index in [9.17, 15) is 0 Å². The Kier molecular flexibility index (Phi) is 14.4. The first-order chi connectivity index (χ1) is 14.6. The van der Waals surface area contributed by atoms with Crippen molar-refractivity contribution in [1.82, 2.24) is 9.88 Å². The van der Waals surface area contributed by atoms with E-state index in [1.54, 1.807) is 0 Å². The quantitative estimate of drug-likeness (QED) is 0.256. The molecule has 7 N–H and O–H groups in total. The Morgan fingerprint density at radius 1 is 1.03 bits per heavy atom. The molecule has 1 heterocycles. The topological polar surface area (TPSA) is 184 Å². The number of fused-ring (bicyclic) bond motifs is 1. The third kappa shape index (κ3) is 17.5. The molecule has 0 aliphatic carbocycles. The molecule has 0 radical (unpaired) electrons. The maximum Gasteiger partial charge on any atom is 0.466 e. The minimum absolute atomic E-state index is 0.442. The summed E-state index contributed by atoms with van der Waals surface area (Å²) in [5.74, 6) is 0. The van der Waals surface area contributed by atoms with Crippen molar-refractivity contribution in [3.63, 3.8) is 0 Å². The van der Waals surface area contributed by atoms with Gasteiger partial charge in [0.05, 0.1) is 5.52 Å². The second-order valence-electron chi connectivity index (χ2n) is 6.76. The van der Waals surface area contributed by atoms with Crippen LogP contribution in [0.1, 0.15) is 33.6 Å². The van der Waals surface area contributed by atoms with Crippen molar-refractivity contribution in [2.45, 2.75) is 39.7 Å². The predicted molar refractivity (Wildman–Crippen MR) is 125 cm³/mol. The summed E-state index contributed by atoms with van der Waals surface area (Å²) >= 11 is 6.04. The van der Waals surface area contributed by atoms with Gasteiger partial charge in [-0.15, -0.1) is 0 Å². The van der Waals surface area contributed by atoms with Crippen LogP contribution in [0.5, 0.6) is 0 Å². The van der Waals surface area contributed by atoms with Crippen LogP contribution in [0.3, 0.4) is 0 Å². The van der Waals surface area contributed by atoms with Gasteiger partial charge in [-0.25, -0.2) is 9.13 Å². The molecule has 0 spiro atoms. The van der Waals surface area contributed by atoms with Crippen LogP contribution in [0, 0.1) is 0 Å². The lowest BCUT2D eigenvalue weighted by Gasteiger charge is -2.20. The number of pyridine rings is 1. The Morgan fingerprint density at radius 3 is 2.06 bits per heavy atom. The summed E-state index contributed by atoms with van der Waals surface area (Å²) in [4.78, 5) is 50.0. The number of nitrogens with one attached hydrogen (secondary N) is 1. The molecule has 0 aliphatic heterocycles. The molecule has 0 fully saturated rings. The molecule has 2 rings (SSSR count). The van der Waals surface area contributed by atoms with Crippen LogP contribution in [-0.2, 0) is 9.13 Å². The van der Waals surface area contributed by atoms with Gasteiger partial charge >= 0.3 is 15.6 Å². The maximum atomic E-state index is 8.88. The standard InChI is InChI=1S/C18H26ClN3.2H3O4P/c1-4-22(5-2)12-6-7-14(3)21-17-10-11-20-18-13-15(19)8-9-16(17)18;2*1-5(2,3)4/h8-11,13-14H,4-7,12H2,1-3H3,(H,20,21);2*(H3,1,2,3,4)/t14-;;/m1../s1. The number of hydrogen-bond acceptors (Lipinski definition) is 5. The van der Waals surface area contributed by atoms with Gasteiger partial charge in [-0.1, -0.05) is 25.4 Å². The maximum absolute atomic E-state index is 8.88. The highest BCUT2D eigenvalue weighted by molar-refractivity contribution is 7.45. The van der Waals surface area contributed by atoms with Crippen LogP contribution in [0.4, 0.5) is 5.69 Å². The molecule has 32 heavy (non-hydrogen) atoms. The second kappa shape index (κ2) is 14.9.